The van der Waals surface area contributed by atoms with Crippen LogP contribution in [0.2, 0.25) is 18.1 Å². The van der Waals surface area contributed by atoms with Crippen LogP contribution in [0.15, 0.2) is 22.7 Å². The van der Waals surface area contributed by atoms with Gasteiger partial charge in [0.2, 0.25) is 0 Å². The number of carbonyl (C=O) groups excluding carboxylic acids is 1. The number of carbonyl (C=O) groups is 1. The third kappa shape index (κ3) is 3.36. The van der Waals surface area contributed by atoms with Crippen molar-refractivity contribution in [1.29, 1.82) is 0 Å². The smallest absolute Gasteiger partial charge is 0.192 e. The molecule has 1 atom stereocenters. The number of rotatable bonds is 5. The van der Waals surface area contributed by atoms with Crippen LogP contribution in [0.25, 0.3) is 0 Å². The number of hydrogen-bond donors (Lipinski definition) is 0. The summed E-state index contributed by atoms with van der Waals surface area (Å²) in [7, 11) is -2.01. The molecule has 0 N–H and O–H groups in total. The summed E-state index contributed by atoms with van der Waals surface area (Å²) >= 11 is 3.36. The van der Waals surface area contributed by atoms with Gasteiger partial charge in [0.25, 0.3) is 0 Å². The lowest BCUT2D eigenvalue weighted by Gasteiger charge is -2.41. The first-order valence-corrected chi connectivity index (χ1v) is 11.3. The highest BCUT2D eigenvalue weighted by Gasteiger charge is 2.56. The van der Waals surface area contributed by atoms with Crippen molar-refractivity contribution in [2.75, 3.05) is 0 Å². The van der Waals surface area contributed by atoms with Gasteiger partial charge in [-0.25, -0.2) is 4.39 Å². The van der Waals surface area contributed by atoms with E-state index in [9.17, 15) is 9.18 Å². The van der Waals surface area contributed by atoms with Gasteiger partial charge in [-0.15, -0.1) is 0 Å². The number of aldehydes is 1. The van der Waals surface area contributed by atoms with Gasteiger partial charge in [0.15, 0.2) is 8.32 Å². The minimum absolute atomic E-state index is 0.0613. The average molecular weight is 387 g/mol. The molecule has 22 heavy (non-hydrogen) atoms. The highest BCUT2D eigenvalue weighted by atomic mass is 79.9. The molecule has 0 aliphatic heterocycles. The fraction of sp³-hybridized carbons (Fsp3) is 0.588. The van der Waals surface area contributed by atoms with Gasteiger partial charge in [-0.3, -0.25) is 0 Å². The Morgan fingerprint density at radius 2 is 1.95 bits per heavy atom. The summed E-state index contributed by atoms with van der Waals surface area (Å²) in [6.45, 7) is 10.9. The van der Waals surface area contributed by atoms with E-state index >= 15 is 0 Å². The first-order valence-electron chi connectivity index (χ1n) is 7.63. The maximum Gasteiger partial charge on any atom is 0.192 e. The standard InChI is InChI=1S/C17H24BrFO2Si/c1-16(2,3)22(4,5)21-17(8-9-17)14(11-20)13-10-12(18)6-7-15(13)19/h6-7,10-11,14H,8-9H2,1-5H3. The summed E-state index contributed by atoms with van der Waals surface area (Å²) in [4.78, 5) is 11.7. The average Bonchev–Trinajstić information content (AvgIpc) is 3.13. The van der Waals surface area contributed by atoms with Crippen molar-refractivity contribution in [2.45, 2.75) is 63.3 Å². The molecule has 1 aromatic carbocycles. The van der Waals surface area contributed by atoms with Crippen molar-refractivity contribution < 1.29 is 13.6 Å². The second-order valence-corrected chi connectivity index (χ2v) is 13.3. The molecule has 1 saturated carbocycles. The molecule has 0 heterocycles. The predicted molar refractivity (Wildman–Crippen MR) is 93.2 cm³/mol. The Labute approximate surface area is 141 Å². The Balaban J connectivity index is 2.35. The summed E-state index contributed by atoms with van der Waals surface area (Å²) in [6, 6.07) is 4.75. The van der Waals surface area contributed by atoms with E-state index in [2.05, 4.69) is 49.8 Å². The molecule has 0 amide bonds. The maximum absolute atomic E-state index is 14.2. The molecule has 5 heteroatoms. The summed E-state index contributed by atoms with van der Waals surface area (Å²) in [5, 5.41) is 0.0613. The van der Waals surface area contributed by atoms with E-state index in [1.54, 1.807) is 12.1 Å². The summed E-state index contributed by atoms with van der Waals surface area (Å²) in [5.74, 6) is -0.885. The zero-order valence-corrected chi connectivity index (χ0v) is 16.5. The zero-order chi connectivity index (χ0) is 16.8. The van der Waals surface area contributed by atoms with E-state index in [-0.39, 0.29) is 10.9 Å². The van der Waals surface area contributed by atoms with Crippen LogP contribution in [-0.4, -0.2) is 20.2 Å². The largest absolute Gasteiger partial charge is 0.410 e. The van der Waals surface area contributed by atoms with Crippen LogP contribution in [-0.2, 0) is 9.22 Å². The van der Waals surface area contributed by atoms with Gasteiger partial charge >= 0.3 is 0 Å². The molecule has 1 aliphatic rings. The van der Waals surface area contributed by atoms with E-state index in [0.717, 1.165) is 23.6 Å². The molecular weight excluding hydrogens is 363 g/mol. The normalized spacial score (nSPS) is 18.9. The molecule has 0 aromatic heterocycles. The topological polar surface area (TPSA) is 26.3 Å². The predicted octanol–water partition coefficient (Wildman–Crippen LogP) is 5.43. The quantitative estimate of drug-likeness (QED) is 0.498. The van der Waals surface area contributed by atoms with Crippen molar-refractivity contribution in [3.63, 3.8) is 0 Å². The third-order valence-electron chi connectivity index (χ3n) is 5.00. The Hall–Kier alpha value is -0.523. The third-order valence-corrected chi connectivity index (χ3v) is 10.0. The first kappa shape index (κ1) is 17.8. The molecule has 2 nitrogen and oxygen atoms in total. The van der Waals surface area contributed by atoms with Crippen LogP contribution >= 0.6 is 15.9 Å². The Bertz CT molecular complexity index is 577. The molecule has 0 spiro atoms. The fourth-order valence-corrected chi connectivity index (χ4v) is 4.53. The molecule has 1 aliphatic carbocycles. The van der Waals surface area contributed by atoms with Gasteiger partial charge in [0, 0.05) is 10.0 Å². The SMILES string of the molecule is CC(C)(C)[Si](C)(C)OC1(C(C=O)c2cc(Br)ccc2F)CC1. The van der Waals surface area contributed by atoms with Crippen LogP contribution in [0.1, 0.15) is 45.1 Å². The van der Waals surface area contributed by atoms with E-state index in [1.165, 1.54) is 6.07 Å². The monoisotopic (exact) mass is 386 g/mol. The van der Waals surface area contributed by atoms with Gasteiger partial charge in [0.1, 0.15) is 12.1 Å². The minimum Gasteiger partial charge on any atom is -0.410 e. The van der Waals surface area contributed by atoms with Crippen LogP contribution < -0.4 is 0 Å². The van der Waals surface area contributed by atoms with E-state index in [1.807, 2.05) is 0 Å². The van der Waals surface area contributed by atoms with Crippen molar-refractivity contribution in [1.82, 2.24) is 0 Å². The first-order chi connectivity index (χ1) is 10.0. The summed E-state index contributed by atoms with van der Waals surface area (Å²) in [6.07, 6.45) is 2.48. The van der Waals surface area contributed by atoms with Crippen LogP contribution in [0, 0.1) is 5.82 Å². The molecule has 1 aromatic rings. The van der Waals surface area contributed by atoms with E-state index in [0.29, 0.717) is 5.56 Å². The number of halogens is 2. The zero-order valence-electron chi connectivity index (χ0n) is 13.9. The highest BCUT2D eigenvalue weighted by molar-refractivity contribution is 9.10. The molecule has 1 unspecified atom stereocenters. The van der Waals surface area contributed by atoms with E-state index < -0.39 is 19.8 Å². The summed E-state index contributed by atoms with van der Waals surface area (Å²) in [5.41, 5.74) is -0.0903. The van der Waals surface area contributed by atoms with Crippen LogP contribution in [0.4, 0.5) is 4.39 Å². The van der Waals surface area contributed by atoms with Crippen LogP contribution in [0.3, 0.4) is 0 Å². The second-order valence-electron chi connectivity index (χ2n) is 7.71. The molecule has 2 rings (SSSR count). The lowest BCUT2D eigenvalue weighted by molar-refractivity contribution is -0.111. The fourth-order valence-electron chi connectivity index (χ4n) is 2.49. The molecule has 0 radical (unpaired) electrons. The van der Waals surface area contributed by atoms with Crippen molar-refractivity contribution in [3.05, 3.63) is 34.1 Å². The Morgan fingerprint density at radius 1 is 1.36 bits per heavy atom. The lowest BCUT2D eigenvalue weighted by Crippen LogP contribution is -2.46. The van der Waals surface area contributed by atoms with Crippen LogP contribution in [0.5, 0.6) is 0 Å². The Morgan fingerprint density at radius 3 is 2.41 bits per heavy atom. The van der Waals surface area contributed by atoms with Crippen molar-refractivity contribution in [2.24, 2.45) is 0 Å². The van der Waals surface area contributed by atoms with Crippen molar-refractivity contribution in [3.8, 4) is 0 Å². The van der Waals surface area contributed by atoms with Gasteiger partial charge in [-0.05, 0) is 49.2 Å². The number of hydrogen-bond acceptors (Lipinski definition) is 2. The maximum atomic E-state index is 14.2. The molecule has 0 saturated heterocycles. The molecule has 0 bridgehead atoms. The second kappa shape index (κ2) is 5.84. The van der Waals surface area contributed by atoms with E-state index in [4.69, 9.17) is 4.43 Å². The minimum atomic E-state index is -2.01. The Kier molecular flexibility index (Phi) is 4.73. The van der Waals surface area contributed by atoms with Gasteiger partial charge in [-0.2, -0.15) is 0 Å². The van der Waals surface area contributed by atoms with Gasteiger partial charge < -0.3 is 9.22 Å². The van der Waals surface area contributed by atoms with Gasteiger partial charge in [-0.1, -0.05) is 36.7 Å². The van der Waals surface area contributed by atoms with Gasteiger partial charge in [0.05, 0.1) is 11.5 Å². The van der Waals surface area contributed by atoms with Crippen molar-refractivity contribution >= 4 is 30.5 Å². The molecular formula is C17H24BrFO2Si. The lowest BCUT2D eigenvalue weighted by atomic mass is 9.92. The molecule has 122 valence electrons. The summed E-state index contributed by atoms with van der Waals surface area (Å²) < 4.78 is 21.5. The highest BCUT2D eigenvalue weighted by Crippen LogP contribution is 2.54. The molecule has 1 fully saturated rings. The number of benzene rings is 1.